The molecule has 0 aliphatic carbocycles. The van der Waals surface area contributed by atoms with Crippen LogP contribution in [0.4, 0.5) is 5.82 Å². The van der Waals surface area contributed by atoms with Gasteiger partial charge >= 0.3 is 0 Å². The summed E-state index contributed by atoms with van der Waals surface area (Å²) in [4.78, 5) is 36.7. The molecule has 0 saturated heterocycles. The van der Waals surface area contributed by atoms with Crippen LogP contribution in [0.15, 0.2) is 79.1 Å². The molecule has 0 atom stereocenters. The standard InChI is InChI=1S/C24H19N3O2/c1-16-13-14-20-21(17(16)2)22(26-15-25-20)27(23(28)18-9-5-3-6-10-18)24(29)19-11-7-4-8-12-19/h3-15H,1-2H3. The topological polar surface area (TPSA) is 63.2 Å². The lowest BCUT2D eigenvalue weighted by molar-refractivity contribution is 0.0897. The highest BCUT2D eigenvalue weighted by molar-refractivity contribution is 6.27. The number of rotatable bonds is 3. The van der Waals surface area contributed by atoms with Crippen molar-refractivity contribution in [1.29, 1.82) is 0 Å². The van der Waals surface area contributed by atoms with Crippen molar-refractivity contribution in [2.24, 2.45) is 0 Å². The third kappa shape index (κ3) is 3.38. The Bertz CT molecular complexity index is 1150. The van der Waals surface area contributed by atoms with E-state index in [1.165, 1.54) is 6.33 Å². The minimum absolute atomic E-state index is 0.291. The number of benzene rings is 3. The number of fused-ring (bicyclic) bond motifs is 1. The maximum absolute atomic E-state index is 13.4. The molecule has 142 valence electrons. The highest BCUT2D eigenvalue weighted by atomic mass is 16.2. The van der Waals surface area contributed by atoms with Crippen molar-refractivity contribution in [2.45, 2.75) is 13.8 Å². The van der Waals surface area contributed by atoms with Gasteiger partial charge in [-0.3, -0.25) is 9.59 Å². The van der Waals surface area contributed by atoms with E-state index in [1.54, 1.807) is 48.5 Å². The van der Waals surface area contributed by atoms with Gasteiger partial charge in [-0.25, -0.2) is 14.9 Å². The van der Waals surface area contributed by atoms with E-state index in [0.717, 1.165) is 16.0 Å². The lowest BCUT2D eigenvalue weighted by Crippen LogP contribution is -2.38. The number of nitrogens with zero attached hydrogens (tertiary/aromatic N) is 3. The van der Waals surface area contributed by atoms with Gasteiger partial charge in [-0.05, 0) is 55.3 Å². The summed E-state index contributed by atoms with van der Waals surface area (Å²) < 4.78 is 0. The quantitative estimate of drug-likeness (QED) is 0.481. The first-order chi connectivity index (χ1) is 14.1. The fraction of sp³-hybridized carbons (Fsp3) is 0.0833. The summed E-state index contributed by atoms with van der Waals surface area (Å²) >= 11 is 0. The maximum atomic E-state index is 13.4. The first-order valence-corrected chi connectivity index (χ1v) is 9.27. The molecule has 1 aromatic heterocycles. The van der Waals surface area contributed by atoms with Crippen LogP contribution >= 0.6 is 0 Å². The molecular formula is C24H19N3O2. The first kappa shape index (κ1) is 18.5. The van der Waals surface area contributed by atoms with E-state index in [9.17, 15) is 9.59 Å². The summed E-state index contributed by atoms with van der Waals surface area (Å²) in [5.41, 5.74) is 3.48. The van der Waals surface area contributed by atoms with Gasteiger partial charge in [-0.15, -0.1) is 0 Å². The maximum Gasteiger partial charge on any atom is 0.266 e. The average Bonchev–Trinajstić information content (AvgIpc) is 2.77. The van der Waals surface area contributed by atoms with E-state index < -0.39 is 11.8 Å². The van der Waals surface area contributed by atoms with Gasteiger partial charge in [0.2, 0.25) is 0 Å². The zero-order valence-electron chi connectivity index (χ0n) is 16.2. The minimum Gasteiger partial charge on any atom is -0.268 e. The summed E-state index contributed by atoms with van der Waals surface area (Å²) in [6, 6.07) is 21.3. The molecule has 29 heavy (non-hydrogen) atoms. The number of aryl methyl sites for hydroxylation is 2. The summed E-state index contributed by atoms with van der Waals surface area (Å²) in [6.45, 7) is 3.93. The third-order valence-corrected chi connectivity index (χ3v) is 4.97. The van der Waals surface area contributed by atoms with Crippen molar-refractivity contribution in [1.82, 2.24) is 9.97 Å². The third-order valence-electron chi connectivity index (χ3n) is 4.97. The molecule has 0 saturated carbocycles. The number of hydrogen-bond donors (Lipinski definition) is 0. The number of imide groups is 1. The van der Waals surface area contributed by atoms with Crippen LogP contribution < -0.4 is 4.90 Å². The van der Waals surface area contributed by atoms with Crippen LogP contribution in [0.1, 0.15) is 31.8 Å². The first-order valence-electron chi connectivity index (χ1n) is 9.27. The molecule has 4 aromatic rings. The Morgan fingerprint density at radius 2 is 1.28 bits per heavy atom. The van der Waals surface area contributed by atoms with Crippen LogP contribution in [0.5, 0.6) is 0 Å². The monoisotopic (exact) mass is 381 g/mol. The fourth-order valence-electron chi connectivity index (χ4n) is 3.28. The highest BCUT2D eigenvalue weighted by Gasteiger charge is 2.29. The van der Waals surface area contributed by atoms with Gasteiger partial charge in [-0.1, -0.05) is 42.5 Å². The van der Waals surface area contributed by atoms with E-state index in [1.807, 2.05) is 38.1 Å². The van der Waals surface area contributed by atoms with Gasteiger partial charge in [0.15, 0.2) is 5.82 Å². The molecule has 0 fully saturated rings. The van der Waals surface area contributed by atoms with E-state index in [4.69, 9.17) is 0 Å². The predicted molar refractivity (Wildman–Crippen MR) is 113 cm³/mol. The normalized spacial score (nSPS) is 10.7. The van der Waals surface area contributed by atoms with Crippen molar-refractivity contribution >= 4 is 28.5 Å². The summed E-state index contributed by atoms with van der Waals surface area (Å²) in [5.74, 6) is -0.570. The van der Waals surface area contributed by atoms with Crippen LogP contribution in [-0.4, -0.2) is 21.8 Å². The molecule has 4 rings (SSSR count). The average molecular weight is 381 g/mol. The van der Waals surface area contributed by atoms with Gasteiger partial charge in [-0.2, -0.15) is 0 Å². The summed E-state index contributed by atoms with van der Waals surface area (Å²) in [6.07, 6.45) is 1.38. The molecule has 2 amide bonds. The van der Waals surface area contributed by atoms with Crippen molar-refractivity contribution in [3.05, 3.63) is 101 Å². The highest BCUT2D eigenvalue weighted by Crippen LogP contribution is 2.30. The molecule has 5 heteroatoms. The number of carbonyl (C=O) groups excluding carboxylic acids is 2. The smallest absolute Gasteiger partial charge is 0.266 e. The molecule has 0 aliphatic rings. The molecule has 5 nitrogen and oxygen atoms in total. The Hall–Kier alpha value is -3.86. The Kier molecular flexibility index (Phi) is 4.87. The minimum atomic E-state index is -0.430. The van der Waals surface area contributed by atoms with Crippen LogP contribution in [0, 0.1) is 13.8 Å². The number of hydrogen-bond acceptors (Lipinski definition) is 4. The van der Waals surface area contributed by atoms with Crippen molar-refractivity contribution in [3.63, 3.8) is 0 Å². The van der Waals surface area contributed by atoms with Crippen molar-refractivity contribution < 1.29 is 9.59 Å². The van der Waals surface area contributed by atoms with Crippen molar-refractivity contribution in [3.8, 4) is 0 Å². The number of aromatic nitrogens is 2. The number of amides is 2. The van der Waals surface area contributed by atoms with Crippen molar-refractivity contribution in [2.75, 3.05) is 4.90 Å². The van der Waals surface area contributed by atoms with Crippen LogP contribution in [-0.2, 0) is 0 Å². The molecule has 0 aliphatic heterocycles. The van der Waals surface area contributed by atoms with Gasteiger partial charge in [0.25, 0.3) is 11.8 Å². The molecule has 0 bridgehead atoms. The predicted octanol–water partition coefficient (Wildman–Crippen LogP) is 4.73. The molecular weight excluding hydrogens is 362 g/mol. The zero-order chi connectivity index (χ0) is 20.4. The SMILES string of the molecule is Cc1ccc2ncnc(N(C(=O)c3ccccc3)C(=O)c3ccccc3)c2c1C. The second-order valence-electron chi connectivity index (χ2n) is 6.78. The summed E-state index contributed by atoms with van der Waals surface area (Å²) in [5, 5.41) is 0.695. The van der Waals surface area contributed by atoms with Gasteiger partial charge < -0.3 is 0 Å². The lowest BCUT2D eigenvalue weighted by Gasteiger charge is -2.22. The number of carbonyl (C=O) groups is 2. The second-order valence-corrected chi connectivity index (χ2v) is 6.78. The van der Waals surface area contributed by atoms with Crippen LogP contribution in [0.25, 0.3) is 10.9 Å². The molecule has 1 heterocycles. The van der Waals surface area contributed by atoms with E-state index in [2.05, 4.69) is 9.97 Å². The Labute approximate surface area is 168 Å². The lowest BCUT2D eigenvalue weighted by atomic mass is 10.0. The Balaban J connectivity index is 1.97. The molecule has 3 aromatic carbocycles. The van der Waals surface area contributed by atoms with Crippen LogP contribution in [0.2, 0.25) is 0 Å². The van der Waals surface area contributed by atoms with Crippen LogP contribution in [0.3, 0.4) is 0 Å². The molecule has 0 N–H and O–H groups in total. The van der Waals surface area contributed by atoms with Gasteiger partial charge in [0, 0.05) is 16.5 Å². The second kappa shape index (κ2) is 7.64. The molecule has 0 spiro atoms. The van der Waals surface area contributed by atoms with Gasteiger partial charge in [0.05, 0.1) is 5.52 Å². The Morgan fingerprint density at radius 3 is 1.83 bits per heavy atom. The van der Waals surface area contributed by atoms with E-state index in [0.29, 0.717) is 27.8 Å². The largest absolute Gasteiger partial charge is 0.268 e. The molecule has 0 unspecified atom stereocenters. The zero-order valence-corrected chi connectivity index (χ0v) is 16.2. The molecule has 0 radical (unpaired) electrons. The number of anilines is 1. The summed E-state index contributed by atoms with van der Waals surface area (Å²) in [7, 11) is 0. The van der Waals surface area contributed by atoms with E-state index >= 15 is 0 Å². The Morgan fingerprint density at radius 1 is 0.724 bits per heavy atom. The van der Waals surface area contributed by atoms with E-state index in [-0.39, 0.29) is 0 Å². The fourth-order valence-corrected chi connectivity index (χ4v) is 3.28. The van der Waals surface area contributed by atoms with Gasteiger partial charge in [0.1, 0.15) is 6.33 Å².